The molecule has 78 valence electrons. The minimum absolute atomic E-state index is 0.285. The van der Waals surface area contributed by atoms with Crippen LogP contribution in [0.1, 0.15) is 10.4 Å². The van der Waals surface area contributed by atoms with Crippen LogP contribution >= 0.6 is 0 Å². The third-order valence-electron chi connectivity index (χ3n) is 1.61. The van der Waals surface area contributed by atoms with E-state index in [0.717, 1.165) is 13.2 Å². The van der Waals surface area contributed by atoms with Gasteiger partial charge >= 0.3 is 5.97 Å². The Bertz CT molecular complexity index is 397. The number of aliphatic hydroxyl groups is 1. The summed E-state index contributed by atoms with van der Waals surface area (Å²) >= 11 is 0. The predicted octanol–water partition coefficient (Wildman–Crippen LogP) is 0.879. The highest BCUT2D eigenvalue weighted by Gasteiger charge is 2.10. The summed E-state index contributed by atoms with van der Waals surface area (Å²) in [5.74, 6) is -2.19. The predicted molar refractivity (Wildman–Crippen MR) is 51.3 cm³/mol. The van der Waals surface area contributed by atoms with Crippen molar-refractivity contribution in [3.63, 3.8) is 0 Å². The van der Waals surface area contributed by atoms with Crippen LogP contribution in [-0.4, -0.2) is 29.0 Å². The first-order chi connectivity index (χ1) is 7.15. The Morgan fingerprint density at radius 3 is 2.80 bits per heavy atom. The third kappa shape index (κ3) is 2.91. The molecule has 0 fully saturated rings. The summed E-state index contributed by atoms with van der Waals surface area (Å²) in [5.41, 5.74) is 0.285. The lowest BCUT2D eigenvalue weighted by atomic mass is 10.2. The number of aromatic nitrogens is 1. The fourth-order valence-corrected chi connectivity index (χ4v) is 0.880. The molecule has 0 saturated heterocycles. The summed E-state index contributed by atoms with van der Waals surface area (Å²) in [7, 11) is 1.11. The molecule has 0 unspecified atom stereocenters. The lowest BCUT2D eigenvalue weighted by molar-refractivity contribution is -0.139. The molecule has 0 aromatic carbocycles. The summed E-state index contributed by atoms with van der Waals surface area (Å²) in [4.78, 5) is 25.9. The van der Waals surface area contributed by atoms with Crippen LogP contribution in [0.4, 0.5) is 0 Å². The summed E-state index contributed by atoms with van der Waals surface area (Å²) in [6, 6.07) is 3.10. The van der Waals surface area contributed by atoms with Crippen molar-refractivity contribution in [2.24, 2.45) is 0 Å². The van der Waals surface area contributed by atoms with Crippen molar-refractivity contribution in [3.05, 3.63) is 41.9 Å². The fourth-order valence-electron chi connectivity index (χ4n) is 0.880. The van der Waals surface area contributed by atoms with Gasteiger partial charge < -0.3 is 9.84 Å². The average Bonchev–Trinajstić information content (AvgIpc) is 2.29. The molecule has 0 aliphatic carbocycles. The number of methoxy groups -OCH3 is 1. The van der Waals surface area contributed by atoms with Gasteiger partial charge in [0, 0.05) is 24.0 Å². The number of hydrogen-bond donors (Lipinski definition) is 1. The standard InChI is InChI=1S/C10H9NO4/c1-15-10(14)9(13)5-8(12)7-3-2-4-11-6-7/h2-6,13H,1H3. The second kappa shape index (κ2) is 4.90. The average molecular weight is 207 g/mol. The SMILES string of the molecule is COC(=O)C(O)=CC(=O)c1cccnc1. The van der Waals surface area contributed by atoms with Crippen LogP contribution in [0.25, 0.3) is 0 Å². The van der Waals surface area contributed by atoms with Gasteiger partial charge in [-0.1, -0.05) is 0 Å². The Morgan fingerprint density at radius 1 is 1.53 bits per heavy atom. The molecule has 0 atom stereocenters. The fraction of sp³-hybridized carbons (Fsp3) is 0.100. The van der Waals surface area contributed by atoms with Gasteiger partial charge in [0.1, 0.15) is 0 Å². The topological polar surface area (TPSA) is 76.5 Å². The van der Waals surface area contributed by atoms with Crippen LogP contribution in [0, 0.1) is 0 Å². The van der Waals surface area contributed by atoms with Crippen molar-refractivity contribution < 1.29 is 19.4 Å². The molecular formula is C10H9NO4. The smallest absolute Gasteiger partial charge is 0.373 e. The molecule has 15 heavy (non-hydrogen) atoms. The van der Waals surface area contributed by atoms with Gasteiger partial charge in [-0.2, -0.15) is 0 Å². The number of nitrogens with zero attached hydrogens (tertiary/aromatic N) is 1. The van der Waals surface area contributed by atoms with Crippen molar-refractivity contribution in [1.82, 2.24) is 4.98 Å². The summed E-state index contributed by atoms with van der Waals surface area (Å²) in [5, 5.41) is 9.09. The Kier molecular flexibility index (Phi) is 3.56. The number of carbonyl (C=O) groups is 2. The number of esters is 1. The molecule has 0 saturated carbocycles. The van der Waals surface area contributed by atoms with Crippen LogP contribution in [0.5, 0.6) is 0 Å². The monoisotopic (exact) mass is 207 g/mol. The summed E-state index contributed by atoms with van der Waals surface area (Å²) in [6.45, 7) is 0. The third-order valence-corrected chi connectivity index (χ3v) is 1.61. The van der Waals surface area contributed by atoms with Gasteiger partial charge in [-0.3, -0.25) is 9.78 Å². The number of carbonyl (C=O) groups excluding carboxylic acids is 2. The van der Waals surface area contributed by atoms with Crippen LogP contribution in [0.2, 0.25) is 0 Å². The molecule has 0 spiro atoms. The molecule has 0 radical (unpaired) electrons. The van der Waals surface area contributed by atoms with Crippen molar-refractivity contribution >= 4 is 11.8 Å². The van der Waals surface area contributed by atoms with Gasteiger partial charge in [0.15, 0.2) is 5.78 Å². The second-order valence-corrected chi connectivity index (χ2v) is 2.63. The van der Waals surface area contributed by atoms with E-state index in [0.29, 0.717) is 0 Å². The van der Waals surface area contributed by atoms with E-state index in [9.17, 15) is 9.59 Å². The zero-order valence-corrected chi connectivity index (χ0v) is 8.01. The second-order valence-electron chi connectivity index (χ2n) is 2.63. The van der Waals surface area contributed by atoms with Gasteiger partial charge in [0.25, 0.3) is 0 Å². The number of aliphatic hydroxyl groups excluding tert-OH is 1. The van der Waals surface area contributed by atoms with Crippen molar-refractivity contribution in [1.29, 1.82) is 0 Å². The molecule has 1 aromatic rings. The molecule has 0 aliphatic rings. The maximum absolute atomic E-state index is 11.4. The number of ketones is 1. The highest BCUT2D eigenvalue weighted by molar-refractivity contribution is 6.07. The molecule has 1 rings (SSSR count). The normalized spacial score (nSPS) is 10.9. The van der Waals surface area contributed by atoms with E-state index in [1.165, 1.54) is 18.5 Å². The van der Waals surface area contributed by atoms with E-state index in [1.54, 1.807) is 6.07 Å². The number of hydrogen-bond acceptors (Lipinski definition) is 5. The summed E-state index contributed by atoms with van der Waals surface area (Å²) in [6.07, 6.45) is 3.65. The zero-order valence-electron chi connectivity index (χ0n) is 8.01. The molecular weight excluding hydrogens is 198 g/mol. The highest BCUT2D eigenvalue weighted by atomic mass is 16.5. The van der Waals surface area contributed by atoms with Crippen LogP contribution in [-0.2, 0) is 9.53 Å². The van der Waals surface area contributed by atoms with Crippen molar-refractivity contribution in [2.45, 2.75) is 0 Å². The Balaban J connectivity index is 2.84. The minimum Gasteiger partial charge on any atom is -0.502 e. The number of allylic oxidation sites excluding steroid dienone is 1. The molecule has 0 amide bonds. The van der Waals surface area contributed by atoms with E-state index in [4.69, 9.17) is 5.11 Å². The summed E-state index contributed by atoms with van der Waals surface area (Å²) < 4.78 is 4.22. The maximum atomic E-state index is 11.4. The van der Waals surface area contributed by atoms with Crippen molar-refractivity contribution in [2.75, 3.05) is 7.11 Å². The van der Waals surface area contributed by atoms with E-state index in [1.807, 2.05) is 0 Å². The van der Waals surface area contributed by atoms with Gasteiger partial charge in [-0.15, -0.1) is 0 Å². The largest absolute Gasteiger partial charge is 0.502 e. The van der Waals surface area contributed by atoms with E-state index < -0.39 is 17.5 Å². The van der Waals surface area contributed by atoms with Gasteiger partial charge in [0.05, 0.1) is 7.11 Å². The first-order valence-corrected chi connectivity index (χ1v) is 4.08. The molecule has 1 heterocycles. The number of pyridine rings is 1. The van der Waals surface area contributed by atoms with Crippen LogP contribution in [0.3, 0.4) is 0 Å². The Labute approximate surface area is 86.0 Å². The van der Waals surface area contributed by atoms with Gasteiger partial charge in [-0.25, -0.2) is 4.79 Å². The van der Waals surface area contributed by atoms with Gasteiger partial charge in [0.2, 0.25) is 5.76 Å². The molecule has 1 N–H and O–H groups in total. The van der Waals surface area contributed by atoms with Gasteiger partial charge in [-0.05, 0) is 12.1 Å². The molecule has 5 heteroatoms. The van der Waals surface area contributed by atoms with Crippen LogP contribution in [0.15, 0.2) is 36.4 Å². The quantitative estimate of drug-likeness (QED) is 0.344. The number of rotatable bonds is 3. The minimum atomic E-state index is -0.952. The molecule has 5 nitrogen and oxygen atoms in total. The first-order valence-electron chi connectivity index (χ1n) is 4.08. The first kappa shape index (κ1) is 10.9. The van der Waals surface area contributed by atoms with Crippen molar-refractivity contribution in [3.8, 4) is 0 Å². The lowest BCUT2D eigenvalue weighted by Gasteiger charge is -1.97. The molecule has 1 aromatic heterocycles. The lowest BCUT2D eigenvalue weighted by Crippen LogP contribution is -2.07. The van der Waals surface area contributed by atoms with E-state index >= 15 is 0 Å². The Hall–Kier alpha value is -2.17. The molecule has 0 aliphatic heterocycles. The van der Waals surface area contributed by atoms with E-state index in [2.05, 4.69) is 9.72 Å². The molecule has 0 bridgehead atoms. The number of ether oxygens (including phenoxy) is 1. The maximum Gasteiger partial charge on any atom is 0.373 e. The highest BCUT2D eigenvalue weighted by Crippen LogP contribution is 2.01. The Morgan fingerprint density at radius 2 is 2.27 bits per heavy atom. The van der Waals surface area contributed by atoms with Crippen LogP contribution < -0.4 is 0 Å². The zero-order chi connectivity index (χ0) is 11.3. The van der Waals surface area contributed by atoms with E-state index in [-0.39, 0.29) is 5.56 Å².